The number of likely N-dealkylation sites (N-methyl/N-ethyl adjacent to an activating group) is 4. The molecule has 0 radical (unpaired) electrons. The van der Waals surface area contributed by atoms with Crippen molar-refractivity contribution in [1.29, 1.82) is 0 Å². The molecule has 8 nitrogen and oxygen atoms in total. The molecular weight excluding hydrogens is 1150 g/mol. The van der Waals surface area contributed by atoms with Crippen LogP contribution in [-0.2, 0) is 0 Å². The second-order valence-electron chi connectivity index (χ2n) is 18.3. The third-order valence-corrected chi connectivity index (χ3v) is 16.2. The van der Waals surface area contributed by atoms with E-state index in [1.54, 1.807) is 0 Å². The van der Waals surface area contributed by atoms with Crippen molar-refractivity contribution in [3.8, 4) is 23.0 Å². The maximum Gasteiger partial charge on any atom is 0.137 e. The number of hydrogen-bond donors (Lipinski definition) is 0. The summed E-state index contributed by atoms with van der Waals surface area (Å²) in [7, 11) is 0. The van der Waals surface area contributed by atoms with E-state index >= 15 is 0 Å². The average molecular weight is 1250 g/mol. The quantitative estimate of drug-likeness (QED) is 0.0525. The fourth-order valence-electron chi connectivity index (χ4n) is 9.79. The smallest absolute Gasteiger partial charge is 0.137 e. The summed E-state index contributed by atoms with van der Waals surface area (Å²) < 4.78 is 30.0. The molecule has 0 aromatic heterocycles. The summed E-state index contributed by atoms with van der Waals surface area (Å²) in [6.07, 6.45) is 0. The highest BCUT2D eigenvalue weighted by molar-refractivity contribution is 6.04. The van der Waals surface area contributed by atoms with Gasteiger partial charge in [0.15, 0.2) is 0 Å². The Balaban J connectivity index is 0. The van der Waals surface area contributed by atoms with Gasteiger partial charge >= 0.3 is 0 Å². The lowest BCUT2D eigenvalue weighted by atomic mass is 9.85. The molecule has 0 fully saturated rings. The zero-order chi connectivity index (χ0) is 48.1. The third-order valence-electron chi connectivity index (χ3n) is 16.2. The van der Waals surface area contributed by atoms with Crippen molar-refractivity contribution in [1.82, 2.24) is 0 Å². The minimum atomic E-state index is 0. The Morgan fingerprint density at radius 2 is 0.408 bits per heavy atom. The number of rotatable bonds is 32. The zero-order valence-electron chi connectivity index (χ0n) is 45.3. The number of ether oxygens (including phenoxy) is 4. The number of quaternary nitrogens is 4. The molecule has 0 spiro atoms. The van der Waals surface area contributed by atoms with Gasteiger partial charge in [0.2, 0.25) is 0 Å². The first-order valence-corrected chi connectivity index (χ1v) is 26.1. The van der Waals surface area contributed by atoms with Gasteiger partial charge in [-0.15, -0.1) is 0 Å². The van der Waals surface area contributed by atoms with Crippen LogP contribution in [0, 0.1) is 0 Å². The van der Waals surface area contributed by atoms with Crippen molar-refractivity contribution in [2.24, 2.45) is 0 Å². The maximum absolute atomic E-state index is 6.43. The van der Waals surface area contributed by atoms with Crippen LogP contribution in [-0.4, -0.2) is 149 Å². The molecule has 0 aliphatic heterocycles. The highest BCUT2D eigenvalue weighted by Gasteiger charge is 2.24. The first-order valence-electron chi connectivity index (χ1n) is 26.1. The molecule has 0 atom stereocenters. The normalized spacial score (nSPS) is 11.4. The van der Waals surface area contributed by atoms with Gasteiger partial charge in [-0.3, -0.25) is 0 Å². The lowest BCUT2D eigenvalue weighted by Crippen LogP contribution is -3.00. The van der Waals surface area contributed by atoms with Crippen LogP contribution in [0.2, 0.25) is 0 Å². The van der Waals surface area contributed by atoms with Crippen LogP contribution in [0.1, 0.15) is 113 Å². The Hall–Kier alpha value is -2.42. The molecule has 4 aromatic rings. The molecule has 4 aromatic carbocycles. The fourth-order valence-corrected chi connectivity index (χ4v) is 9.79. The molecule has 0 saturated heterocycles. The molecule has 0 aliphatic rings. The predicted molar refractivity (Wildman–Crippen MR) is 286 cm³/mol. The van der Waals surface area contributed by atoms with Gasteiger partial charge in [-0.1, -0.05) is 56.0 Å². The minimum absolute atomic E-state index is 0. The van der Waals surface area contributed by atoms with Gasteiger partial charge in [-0.25, -0.2) is 0 Å². The van der Waals surface area contributed by atoms with Crippen LogP contribution in [0.3, 0.4) is 0 Å². The maximum atomic E-state index is 6.43. The molecule has 404 valence electrons. The van der Waals surface area contributed by atoms with E-state index in [0.29, 0.717) is 26.4 Å². The summed E-state index contributed by atoms with van der Waals surface area (Å²) >= 11 is 0. The van der Waals surface area contributed by atoms with E-state index in [-0.39, 0.29) is 75.4 Å². The fraction of sp³-hybridized carbons (Fsp3) is 0.559. The average Bonchev–Trinajstić information content (AvgIpc) is 3.38. The summed E-state index contributed by atoms with van der Waals surface area (Å²) in [6, 6.07) is 34.9. The molecule has 0 bridgehead atoms. The van der Waals surface area contributed by atoms with Crippen molar-refractivity contribution in [2.45, 2.75) is 90.5 Å². The molecular formula is C59H96Br4N4O4. The van der Waals surface area contributed by atoms with Crippen LogP contribution >= 0.6 is 0 Å². The highest BCUT2D eigenvalue weighted by atomic mass is 79.9. The van der Waals surface area contributed by atoms with Crippen LogP contribution in [0.15, 0.2) is 97.1 Å². The van der Waals surface area contributed by atoms with E-state index in [1.165, 1.54) is 0 Å². The Morgan fingerprint density at radius 1 is 0.268 bits per heavy atom. The molecule has 0 unspecified atom stereocenters. The Bertz CT molecular complexity index is 1680. The highest BCUT2D eigenvalue weighted by Crippen LogP contribution is 2.39. The Morgan fingerprint density at radius 3 is 0.535 bits per heavy atom. The van der Waals surface area contributed by atoms with Gasteiger partial charge in [0.05, 0.1) is 78.5 Å². The van der Waals surface area contributed by atoms with Crippen molar-refractivity contribution >= 4 is 11.1 Å². The van der Waals surface area contributed by atoms with Crippen LogP contribution in [0.5, 0.6) is 23.0 Å². The third kappa shape index (κ3) is 19.7. The van der Waals surface area contributed by atoms with E-state index in [9.17, 15) is 0 Å². The zero-order valence-corrected chi connectivity index (χ0v) is 51.7. The lowest BCUT2D eigenvalue weighted by molar-refractivity contribution is -0.923. The molecule has 12 heteroatoms. The second kappa shape index (κ2) is 35.7. The van der Waals surface area contributed by atoms with Crippen molar-refractivity contribution in [2.75, 3.05) is 131 Å². The molecule has 0 N–H and O–H groups in total. The summed E-state index contributed by atoms with van der Waals surface area (Å²) in [6.45, 7) is 47.5. The van der Waals surface area contributed by atoms with Gasteiger partial charge in [-0.05, 0) is 165 Å². The van der Waals surface area contributed by atoms with E-state index in [0.717, 1.165) is 179 Å². The first kappa shape index (κ1) is 70.7. The molecule has 0 amide bonds. The summed E-state index contributed by atoms with van der Waals surface area (Å²) in [5.41, 5.74) is 6.74. The summed E-state index contributed by atoms with van der Waals surface area (Å²) in [5.74, 6) is 3.56. The predicted octanol–water partition coefficient (Wildman–Crippen LogP) is 0.367. The van der Waals surface area contributed by atoms with Crippen LogP contribution in [0.25, 0.3) is 11.1 Å². The van der Waals surface area contributed by atoms with Crippen molar-refractivity contribution in [3.63, 3.8) is 0 Å². The SMILES string of the molecule is C.CC[N+](CC)(CC)CCOc1ccc(C(=C(c2ccc(OCC[N+](CC)(CC)CC)cc2)c2ccc(OCC[N+](CC)(CC)CC)cc2)c2ccc(OCC[N+](CC)(CC)CC)cc2)cc1.[Br-].[Br-].[Br-].[Br-]. The first-order chi connectivity index (χ1) is 32.0. The molecule has 4 rings (SSSR count). The topological polar surface area (TPSA) is 36.9 Å². The van der Waals surface area contributed by atoms with Gasteiger partial charge in [-0.2, -0.15) is 0 Å². The number of benzene rings is 4. The summed E-state index contributed by atoms with van der Waals surface area (Å²) in [4.78, 5) is 0. The van der Waals surface area contributed by atoms with Crippen LogP contribution < -0.4 is 86.9 Å². The number of nitrogens with zero attached hydrogens (tertiary/aromatic N) is 4. The van der Waals surface area contributed by atoms with Gasteiger partial charge in [0, 0.05) is 0 Å². The Kier molecular flexibility index (Phi) is 35.5. The van der Waals surface area contributed by atoms with Crippen LogP contribution in [0.4, 0.5) is 0 Å². The Labute approximate surface area is 476 Å². The second-order valence-corrected chi connectivity index (χ2v) is 18.3. The summed E-state index contributed by atoms with van der Waals surface area (Å²) in [5, 5.41) is 0. The number of halogens is 4. The standard InChI is InChI=1S/C58H92N4O4.CH4.4BrH/c1-13-59(14-2,15-3)41-45-63-53-33-25-49(26-34-53)57(50-27-35-54(36-28-50)64-46-42-60(16-4,17-5)18-6)58(51-29-37-55(38-30-51)65-47-43-61(19-7,20-8)21-9)52-31-39-56(40-32-52)66-48-44-62(22-10,23-11)24-12;;;;;/h25-40H,13-24,41-48H2,1-12H3;1H4;4*1H/q+4;;;;;/p-4. The molecule has 71 heavy (non-hydrogen) atoms. The van der Waals surface area contributed by atoms with Crippen molar-refractivity contribution < 1.29 is 105 Å². The monoisotopic (exact) mass is 1240 g/mol. The van der Waals surface area contributed by atoms with E-state index < -0.39 is 0 Å². The van der Waals surface area contributed by atoms with E-state index in [4.69, 9.17) is 18.9 Å². The van der Waals surface area contributed by atoms with E-state index in [1.807, 2.05) is 0 Å². The molecule has 0 heterocycles. The molecule has 0 aliphatic carbocycles. The minimum Gasteiger partial charge on any atom is -1.00 e. The van der Waals surface area contributed by atoms with Gasteiger partial charge in [0.25, 0.3) is 0 Å². The largest absolute Gasteiger partial charge is 1.00 e. The van der Waals surface area contributed by atoms with E-state index in [2.05, 4.69) is 180 Å². The van der Waals surface area contributed by atoms with Crippen molar-refractivity contribution in [3.05, 3.63) is 119 Å². The number of hydrogen-bond acceptors (Lipinski definition) is 4. The van der Waals surface area contributed by atoms with Gasteiger partial charge in [0.1, 0.15) is 75.6 Å². The lowest BCUT2D eigenvalue weighted by Gasteiger charge is -2.35. The van der Waals surface area contributed by atoms with Gasteiger partial charge < -0.3 is 105 Å². The molecule has 0 saturated carbocycles.